The minimum atomic E-state index is 0.588. The molecular weight excluding hydrogens is 198 g/mol. The van der Waals surface area contributed by atoms with Crippen LogP contribution in [0.4, 0.5) is 0 Å². The van der Waals surface area contributed by atoms with Crippen LogP contribution in [0.1, 0.15) is 33.6 Å². The average Bonchev–Trinajstić information content (AvgIpc) is 2.60. The third kappa shape index (κ3) is 4.40. The molecule has 0 aromatic rings. The van der Waals surface area contributed by atoms with Crippen LogP contribution in [0.3, 0.4) is 0 Å². The number of rotatable bonds is 6. The van der Waals surface area contributed by atoms with Crippen LogP contribution in [0.25, 0.3) is 0 Å². The van der Waals surface area contributed by atoms with Crippen molar-refractivity contribution in [3.8, 4) is 0 Å². The van der Waals surface area contributed by atoms with Gasteiger partial charge in [-0.25, -0.2) is 0 Å². The molecule has 2 unspecified atom stereocenters. The van der Waals surface area contributed by atoms with E-state index in [1.165, 1.54) is 25.9 Å². The second kappa shape index (κ2) is 6.58. The van der Waals surface area contributed by atoms with Crippen molar-refractivity contribution >= 4 is 0 Å². The van der Waals surface area contributed by atoms with E-state index in [4.69, 9.17) is 0 Å². The molecule has 0 radical (unpaired) electrons. The van der Waals surface area contributed by atoms with Crippen LogP contribution in [0.5, 0.6) is 0 Å². The molecule has 0 aromatic carbocycles. The summed E-state index contributed by atoms with van der Waals surface area (Å²) in [5, 5.41) is 3.51. The lowest BCUT2D eigenvalue weighted by Crippen LogP contribution is -2.45. The molecule has 0 bridgehead atoms. The molecular formula is C13H29N3. The number of nitrogens with zero attached hydrogens (tertiary/aromatic N) is 2. The molecule has 1 rings (SSSR count). The van der Waals surface area contributed by atoms with Crippen LogP contribution < -0.4 is 5.32 Å². The van der Waals surface area contributed by atoms with Crippen LogP contribution in [0.15, 0.2) is 0 Å². The van der Waals surface area contributed by atoms with E-state index in [2.05, 4.69) is 50.0 Å². The minimum absolute atomic E-state index is 0.588. The summed E-state index contributed by atoms with van der Waals surface area (Å²) in [6.07, 6.45) is 2.73. The molecule has 96 valence electrons. The summed E-state index contributed by atoms with van der Waals surface area (Å²) < 4.78 is 0. The van der Waals surface area contributed by atoms with E-state index in [9.17, 15) is 0 Å². The van der Waals surface area contributed by atoms with Crippen LogP contribution >= 0.6 is 0 Å². The van der Waals surface area contributed by atoms with Gasteiger partial charge in [0, 0.05) is 31.2 Å². The van der Waals surface area contributed by atoms with Gasteiger partial charge in [0.25, 0.3) is 0 Å². The summed E-state index contributed by atoms with van der Waals surface area (Å²) in [6.45, 7) is 10.3. The summed E-state index contributed by atoms with van der Waals surface area (Å²) in [4.78, 5) is 4.99. The molecule has 16 heavy (non-hydrogen) atoms. The van der Waals surface area contributed by atoms with Crippen molar-refractivity contribution in [1.82, 2.24) is 15.1 Å². The van der Waals surface area contributed by atoms with Gasteiger partial charge in [0.2, 0.25) is 0 Å². The molecule has 3 heteroatoms. The largest absolute Gasteiger partial charge is 0.313 e. The van der Waals surface area contributed by atoms with Gasteiger partial charge >= 0.3 is 0 Å². The van der Waals surface area contributed by atoms with Gasteiger partial charge in [0.15, 0.2) is 0 Å². The highest BCUT2D eigenvalue weighted by molar-refractivity contribution is 4.80. The van der Waals surface area contributed by atoms with Crippen LogP contribution in [0, 0.1) is 0 Å². The Morgan fingerprint density at radius 2 is 2.06 bits per heavy atom. The van der Waals surface area contributed by atoms with Gasteiger partial charge in [-0.05, 0) is 40.4 Å². The Bertz CT molecular complexity index is 194. The van der Waals surface area contributed by atoms with Gasteiger partial charge in [-0.2, -0.15) is 0 Å². The monoisotopic (exact) mass is 227 g/mol. The SMILES string of the molecule is CC(C)NCC(C)N(C)CC1CCCN1C. The summed E-state index contributed by atoms with van der Waals surface area (Å²) in [5.41, 5.74) is 0. The lowest BCUT2D eigenvalue weighted by molar-refractivity contribution is 0.180. The third-order valence-electron chi connectivity index (χ3n) is 3.74. The van der Waals surface area contributed by atoms with Crippen molar-refractivity contribution in [3.05, 3.63) is 0 Å². The predicted molar refractivity (Wildman–Crippen MR) is 70.9 cm³/mol. The molecule has 0 spiro atoms. The first kappa shape index (κ1) is 13.9. The van der Waals surface area contributed by atoms with Crippen molar-refractivity contribution in [2.45, 2.75) is 51.7 Å². The van der Waals surface area contributed by atoms with Gasteiger partial charge in [-0.15, -0.1) is 0 Å². The second-order valence-electron chi connectivity index (χ2n) is 5.63. The third-order valence-corrected chi connectivity index (χ3v) is 3.74. The normalized spacial score (nSPS) is 24.6. The number of nitrogens with one attached hydrogen (secondary N) is 1. The van der Waals surface area contributed by atoms with Crippen LogP contribution in [0.2, 0.25) is 0 Å². The molecule has 0 aliphatic carbocycles. The summed E-state index contributed by atoms with van der Waals surface area (Å²) in [6, 6.07) is 1.98. The zero-order valence-electron chi connectivity index (χ0n) is 11.7. The van der Waals surface area contributed by atoms with E-state index in [0.717, 1.165) is 12.6 Å². The molecule has 1 N–H and O–H groups in total. The Balaban J connectivity index is 2.25. The van der Waals surface area contributed by atoms with Crippen molar-refractivity contribution < 1.29 is 0 Å². The quantitative estimate of drug-likeness (QED) is 0.740. The zero-order valence-corrected chi connectivity index (χ0v) is 11.7. The summed E-state index contributed by atoms with van der Waals surface area (Å²) >= 11 is 0. The first-order chi connectivity index (χ1) is 7.50. The second-order valence-corrected chi connectivity index (χ2v) is 5.63. The van der Waals surface area contributed by atoms with Gasteiger partial charge < -0.3 is 15.1 Å². The molecule has 3 nitrogen and oxygen atoms in total. The van der Waals surface area contributed by atoms with E-state index in [1.54, 1.807) is 0 Å². The van der Waals surface area contributed by atoms with Crippen molar-refractivity contribution in [1.29, 1.82) is 0 Å². The fraction of sp³-hybridized carbons (Fsp3) is 1.00. The van der Waals surface area contributed by atoms with Gasteiger partial charge in [-0.3, -0.25) is 0 Å². The minimum Gasteiger partial charge on any atom is -0.313 e. The van der Waals surface area contributed by atoms with Gasteiger partial charge in [0.05, 0.1) is 0 Å². The van der Waals surface area contributed by atoms with E-state index in [0.29, 0.717) is 12.1 Å². The summed E-state index contributed by atoms with van der Waals surface area (Å²) in [7, 11) is 4.50. The molecule has 0 amide bonds. The fourth-order valence-electron chi connectivity index (χ4n) is 2.28. The highest BCUT2D eigenvalue weighted by Gasteiger charge is 2.23. The lowest BCUT2D eigenvalue weighted by atomic mass is 10.2. The molecule has 2 atom stereocenters. The number of hydrogen-bond acceptors (Lipinski definition) is 3. The molecule has 1 heterocycles. The van der Waals surface area contributed by atoms with E-state index in [1.807, 2.05) is 0 Å². The Labute approximate surface area is 101 Å². The fourth-order valence-corrected chi connectivity index (χ4v) is 2.28. The molecule has 1 aliphatic heterocycles. The first-order valence-corrected chi connectivity index (χ1v) is 6.64. The maximum atomic E-state index is 3.51. The zero-order chi connectivity index (χ0) is 12.1. The van der Waals surface area contributed by atoms with Crippen LogP contribution in [-0.2, 0) is 0 Å². The predicted octanol–water partition coefficient (Wildman–Crippen LogP) is 1.40. The first-order valence-electron chi connectivity index (χ1n) is 6.64. The number of likely N-dealkylation sites (N-methyl/N-ethyl adjacent to an activating group) is 2. The average molecular weight is 227 g/mol. The Morgan fingerprint density at radius 1 is 1.38 bits per heavy atom. The Morgan fingerprint density at radius 3 is 2.56 bits per heavy atom. The molecule has 1 aliphatic rings. The lowest BCUT2D eigenvalue weighted by Gasteiger charge is -2.30. The van der Waals surface area contributed by atoms with Crippen LogP contribution in [-0.4, -0.2) is 61.7 Å². The number of likely N-dealkylation sites (tertiary alicyclic amines) is 1. The molecule has 0 aromatic heterocycles. The Hall–Kier alpha value is -0.120. The van der Waals surface area contributed by atoms with E-state index >= 15 is 0 Å². The van der Waals surface area contributed by atoms with Crippen molar-refractivity contribution in [2.75, 3.05) is 33.7 Å². The maximum absolute atomic E-state index is 3.51. The van der Waals surface area contributed by atoms with Gasteiger partial charge in [0.1, 0.15) is 0 Å². The smallest absolute Gasteiger partial charge is 0.0220 e. The van der Waals surface area contributed by atoms with Crippen molar-refractivity contribution in [3.63, 3.8) is 0 Å². The molecule has 0 saturated carbocycles. The van der Waals surface area contributed by atoms with E-state index in [-0.39, 0.29) is 0 Å². The standard InChI is InChI=1S/C13H29N3/c1-11(2)14-9-12(3)16(5)10-13-7-6-8-15(13)4/h11-14H,6-10H2,1-5H3. The highest BCUT2D eigenvalue weighted by atomic mass is 15.2. The summed E-state index contributed by atoms with van der Waals surface area (Å²) in [5.74, 6) is 0. The maximum Gasteiger partial charge on any atom is 0.0220 e. The number of hydrogen-bond donors (Lipinski definition) is 1. The molecule has 1 saturated heterocycles. The highest BCUT2D eigenvalue weighted by Crippen LogP contribution is 2.16. The van der Waals surface area contributed by atoms with E-state index < -0.39 is 0 Å². The van der Waals surface area contributed by atoms with Gasteiger partial charge in [-0.1, -0.05) is 13.8 Å². The Kier molecular flexibility index (Phi) is 5.73. The topological polar surface area (TPSA) is 18.5 Å². The molecule has 1 fully saturated rings. The van der Waals surface area contributed by atoms with Crippen molar-refractivity contribution in [2.24, 2.45) is 0 Å².